The molecular formula is C16H12F3NO3S. The zero-order chi connectivity index (χ0) is 17.5. The molecule has 0 bridgehead atoms. The molecule has 0 aliphatic heterocycles. The number of hydrogen-bond donors (Lipinski definition) is 0. The van der Waals surface area contributed by atoms with Crippen LogP contribution in [-0.4, -0.2) is 11.6 Å². The molecule has 4 nitrogen and oxygen atoms in total. The fourth-order valence-corrected chi connectivity index (χ4v) is 2.94. The SMILES string of the molecule is CCOc1ccc2c(=O)c(-c3csc(C)n3)c(C(F)(F)F)oc2c1. The number of rotatable bonds is 3. The van der Waals surface area contributed by atoms with E-state index < -0.39 is 22.9 Å². The van der Waals surface area contributed by atoms with Gasteiger partial charge in [0.05, 0.1) is 28.3 Å². The van der Waals surface area contributed by atoms with Crippen molar-refractivity contribution in [1.82, 2.24) is 4.98 Å². The van der Waals surface area contributed by atoms with E-state index in [1.54, 1.807) is 13.8 Å². The summed E-state index contributed by atoms with van der Waals surface area (Å²) >= 11 is 1.16. The third kappa shape index (κ3) is 2.89. The summed E-state index contributed by atoms with van der Waals surface area (Å²) in [6.07, 6.45) is -4.82. The number of thiazole rings is 1. The number of ether oxygens (including phenoxy) is 1. The van der Waals surface area contributed by atoms with Crippen LogP contribution in [0.5, 0.6) is 5.75 Å². The first-order chi connectivity index (χ1) is 11.3. The smallest absolute Gasteiger partial charge is 0.450 e. The minimum absolute atomic E-state index is 0.0330. The maximum Gasteiger partial charge on any atom is 0.450 e. The molecule has 0 fully saturated rings. The predicted molar refractivity (Wildman–Crippen MR) is 84.5 cm³/mol. The Kier molecular flexibility index (Phi) is 4.08. The number of nitrogens with zero attached hydrogens (tertiary/aromatic N) is 1. The van der Waals surface area contributed by atoms with Gasteiger partial charge in [-0.3, -0.25) is 4.79 Å². The molecule has 0 saturated carbocycles. The normalized spacial score (nSPS) is 11.9. The molecule has 0 amide bonds. The molecule has 3 rings (SSSR count). The first kappa shape index (κ1) is 16.5. The lowest BCUT2D eigenvalue weighted by Crippen LogP contribution is -2.16. The van der Waals surface area contributed by atoms with Crippen molar-refractivity contribution in [3.05, 3.63) is 44.6 Å². The van der Waals surface area contributed by atoms with Gasteiger partial charge in [-0.25, -0.2) is 4.98 Å². The van der Waals surface area contributed by atoms with Crippen LogP contribution < -0.4 is 10.2 Å². The maximum atomic E-state index is 13.4. The molecule has 8 heteroatoms. The van der Waals surface area contributed by atoms with Crippen LogP contribution in [0, 0.1) is 6.92 Å². The number of aromatic nitrogens is 1. The third-order valence-electron chi connectivity index (χ3n) is 3.31. The van der Waals surface area contributed by atoms with E-state index >= 15 is 0 Å². The molecule has 24 heavy (non-hydrogen) atoms. The van der Waals surface area contributed by atoms with Crippen molar-refractivity contribution in [3.63, 3.8) is 0 Å². The second-order valence-corrected chi connectivity index (χ2v) is 6.04. The summed E-state index contributed by atoms with van der Waals surface area (Å²) in [5.74, 6) is -1.02. The van der Waals surface area contributed by atoms with Crippen LogP contribution >= 0.6 is 11.3 Å². The highest BCUT2D eigenvalue weighted by Crippen LogP contribution is 2.37. The maximum absolute atomic E-state index is 13.4. The lowest BCUT2D eigenvalue weighted by Gasteiger charge is -2.12. The van der Waals surface area contributed by atoms with Crippen LogP contribution in [0.15, 0.2) is 32.8 Å². The average molecular weight is 355 g/mol. The van der Waals surface area contributed by atoms with Crippen LogP contribution in [0.25, 0.3) is 22.2 Å². The van der Waals surface area contributed by atoms with Crippen LogP contribution in [0.3, 0.4) is 0 Å². The first-order valence-electron chi connectivity index (χ1n) is 7.04. The molecule has 0 aliphatic carbocycles. The highest BCUT2D eigenvalue weighted by Gasteiger charge is 2.40. The molecule has 0 aliphatic rings. The lowest BCUT2D eigenvalue weighted by atomic mass is 10.1. The number of hydrogen-bond acceptors (Lipinski definition) is 5. The second kappa shape index (κ2) is 5.94. The van der Waals surface area contributed by atoms with Crippen molar-refractivity contribution < 1.29 is 22.3 Å². The molecule has 126 valence electrons. The van der Waals surface area contributed by atoms with Gasteiger partial charge in [-0.1, -0.05) is 0 Å². The predicted octanol–water partition coefficient (Wildman–Crippen LogP) is 4.64. The van der Waals surface area contributed by atoms with E-state index in [2.05, 4.69) is 4.98 Å². The van der Waals surface area contributed by atoms with Crippen LogP contribution in [-0.2, 0) is 6.18 Å². The van der Waals surface area contributed by atoms with E-state index in [0.29, 0.717) is 17.4 Å². The second-order valence-electron chi connectivity index (χ2n) is 4.98. The Morgan fingerprint density at radius 2 is 2.08 bits per heavy atom. The molecule has 0 N–H and O–H groups in total. The standard InChI is InChI=1S/C16H12F3NO3S/c1-3-22-9-4-5-10-12(6-9)23-15(16(17,18)19)13(14(10)21)11-7-24-8(2)20-11/h4-7H,3H2,1-2H3. The Hall–Kier alpha value is -2.35. The minimum atomic E-state index is -4.82. The summed E-state index contributed by atoms with van der Waals surface area (Å²) in [7, 11) is 0. The zero-order valence-electron chi connectivity index (χ0n) is 12.7. The Labute approximate surface area is 138 Å². The van der Waals surface area contributed by atoms with Crippen molar-refractivity contribution in [3.8, 4) is 17.0 Å². The number of benzene rings is 1. The van der Waals surface area contributed by atoms with Crippen LogP contribution in [0.4, 0.5) is 13.2 Å². The molecule has 0 spiro atoms. The molecule has 1 aromatic carbocycles. The fourth-order valence-electron chi connectivity index (χ4n) is 2.34. The van der Waals surface area contributed by atoms with Gasteiger partial charge >= 0.3 is 6.18 Å². The van der Waals surface area contributed by atoms with E-state index in [4.69, 9.17) is 9.15 Å². The molecule has 2 heterocycles. The molecule has 3 aromatic rings. The summed E-state index contributed by atoms with van der Waals surface area (Å²) in [5, 5.41) is 2.02. The van der Waals surface area contributed by atoms with Crippen molar-refractivity contribution in [2.45, 2.75) is 20.0 Å². The molecule has 0 unspecified atom stereocenters. The van der Waals surface area contributed by atoms with E-state index in [1.807, 2.05) is 0 Å². The Balaban J connectivity index is 2.35. The molecule has 2 aromatic heterocycles. The van der Waals surface area contributed by atoms with Gasteiger partial charge in [-0.15, -0.1) is 11.3 Å². The fraction of sp³-hybridized carbons (Fsp3) is 0.250. The van der Waals surface area contributed by atoms with Crippen molar-refractivity contribution in [1.29, 1.82) is 0 Å². The first-order valence-corrected chi connectivity index (χ1v) is 7.92. The summed E-state index contributed by atoms with van der Waals surface area (Å²) in [5.41, 5.74) is -1.54. The third-order valence-corrected chi connectivity index (χ3v) is 4.08. The topological polar surface area (TPSA) is 52.3 Å². The zero-order valence-corrected chi connectivity index (χ0v) is 13.5. The highest BCUT2D eigenvalue weighted by molar-refractivity contribution is 7.09. The largest absolute Gasteiger partial charge is 0.494 e. The van der Waals surface area contributed by atoms with Gasteiger partial charge in [0.15, 0.2) is 0 Å². The van der Waals surface area contributed by atoms with Crippen molar-refractivity contribution >= 4 is 22.3 Å². The van der Waals surface area contributed by atoms with Gasteiger partial charge in [-0.05, 0) is 26.0 Å². The number of aryl methyl sites for hydroxylation is 1. The minimum Gasteiger partial charge on any atom is -0.494 e. The van der Waals surface area contributed by atoms with E-state index in [0.717, 1.165) is 11.3 Å². The molecule has 0 saturated heterocycles. The average Bonchev–Trinajstić information content (AvgIpc) is 2.92. The van der Waals surface area contributed by atoms with Crippen molar-refractivity contribution in [2.24, 2.45) is 0 Å². The van der Waals surface area contributed by atoms with Gasteiger partial charge in [0, 0.05) is 11.4 Å². The van der Waals surface area contributed by atoms with E-state index in [9.17, 15) is 18.0 Å². The summed E-state index contributed by atoms with van der Waals surface area (Å²) in [4.78, 5) is 16.6. The van der Waals surface area contributed by atoms with Gasteiger partial charge in [0.25, 0.3) is 0 Å². The number of fused-ring (bicyclic) bond motifs is 1. The van der Waals surface area contributed by atoms with Gasteiger partial charge < -0.3 is 9.15 Å². The molecule has 0 atom stereocenters. The summed E-state index contributed by atoms with van der Waals surface area (Å²) in [6, 6.07) is 4.20. The summed E-state index contributed by atoms with van der Waals surface area (Å²) < 4.78 is 50.5. The Morgan fingerprint density at radius 1 is 1.33 bits per heavy atom. The number of halogens is 3. The van der Waals surface area contributed by atoms with Crippen molar-refractivity contribution in [2.75, 3.05) is 6.61 Å². The number of alkyl halides is 3. The van der Waals surface area contributed by atoms with Crippen LogP contribution in [0.2, 0.25) is 0 Å². The lowest BCUT2D eigenvalue weighted by molar-refractivity contribution is -0.152. The van der Waals surface area contributed by atoms with Gasteiger partial charge in [0.2, 0.25) is 11.2 Å². The van der Waals surface area contributed by atoms with Gasteiger partial charge in [-0.2, -0.15) is 13.2 Å². The molecular weight excluding hydrogens is 343 g/mol. The Bertz CT molecular complexity index is 959. The molecule has 0 radical (unpaired) electrons. The van der Waals surface area contributed by atoms with E-state index in [1.165, 1.54) is 23.6 Å². The monoisotopic (exact) mass is 355 g/mol. The van der Waals surface area contributed by atoms with Gasteiger partial charge in [0.1, 0.15) is 11.3 Å². The Morgan fingerprint density at radius 3 is 2.67 bits per heavy atom. The van der Waals surface area contributed by atoms with Crippen LogP contribution in [0.1, 0.15) is 17.7 Å². The highest BCUT2D eigenvalue weighted by atomic mass is 32.1. The quantitative estimate of drug-likeness (QED) is 0.687. The van der Waals surface area contributed by atoms with E-state index in [-0.39, 0.29) is 16.7 Å². The summed E-state index contributed by atoms with van der Waals surface area (Å²) in [6.45, 7) is 3.74.